The van der Waals surface area contributed by atoms with E-state index in [2.05, 4.69) is 48.6 Å². The SMILES string of the molecule is COCCOc1ccc2ccccc2c1CNC1CCCC(C)C1. The second-order valence-electron chi connectivity index (χ2n) is 6.95. The normalized spacial score (nSPS) is 21.1. The van der Waals surface area contributed by atoms with Crippen LogP contribution in [0.25, 0.3) is 10.8 Å². The largest absolute Gasteiger partial charge is 0.491 e. The van der Waals surface area contributed by atoms with E-state index >= 15 is 0 Å². The molecule has 1 fully saturated rings. The summed E-state index contributed by atoms with van der Waals surface area (Å²) in [5, 5.41) is 6.33. The van der Waals surface area contributed by atoms with Gasteiger partial charge in [0, 0.05) is 25.3 Å². The average Bonchev–Trinajstić information content (AvgIpc) is 2.61. The van der Waals surface area contributed by atoms with Gasteiger partial charge in [-0.2, -0.15) is 0 Å². The Kier molecular flexibility index (Phi) is 6.11. The minimum atomic E-state index is 0.586. The first-order chi connectivity index (χ1) is 11.8. The first-order valence-electron chi connectivity index (χ1n) is 9.13. The molecule has 0 bridgehead atoms. The summed E-state index contributed by atoms with van der Waals surface area (Å²) in [7, 11) is 1.70. The number of hydrogen-bond donors (Lipinski definition) is 1. The van der Waals surface area contributed by atoms with E-state index in [4.69, 9.17) is 9.47 Å². The van der Waals surface area contributed by atoms with Gasteiger partial charge in [0.2, 0.25) is 0 Å². The lowest BCUT2D eigenvalue weighted by atomic mass is 9.87. The molecule has 3 heteroatoms. The first-order valence-corrected chi connectivity index (χ1v) is 9.13. The molecule has 1 aliphatic rings. The molecule has 0 aromatic heterocycles. The van der Waals surface area contributed by atoms with Crippen LogP contribution in [0.15, 0.2) is 36.4 Å². The van der Waals surface area contributed by atoms with Crippen molar-refractivity contribution >= 4 is 10.8 Å². The van der Waals surface area contributed by atoms with Gasteiger partial charge in [0.25, 0.3) is 0 Å². The Morgan fingerprint density at radius 2 is 1.96 bits per heavy atom. The molecule has 0 saturated heterocycles. The molecule has 0 aliphatic heterocycles. The zero-order valence-corrected chi connectivity index (χ0v) is 14.9. The molecule has 1 N–H and O–H groups in total. The topological polar surface area (TPSA) is 30.5 Å². The van der Waals surface area contributed by atoms with Crippen molar-refractivity contribution in [1.29, 1.82) is 0 Å². The summed E-state index contributed by atoms with van der Waals surface area (Å²) in [6.07, 6.45) is 5.28. The minimum Gasteiger partial charge on any atom is -0.491 e. The van der Waals surface area contributed by atoms with Gasteiger partial charge in [-0.15, -0.1) is 0 Å². The van der Waals surface area contributed by atoms with Gasteiger partial charge in [-0.05, 0) is 35.6 Å². The van der Waals surface area contributed by atoms with Crippen LogP contribution in [0.4, 0.5) is 0 Å². The molecule has 130 valence electrons. The maximum Gasteiger partial charge on any atom is 0.124 e. The smallest absolute Gasteiger partial charge is 0.124 e. The van der Waals surface area contributed by atoms with Crippen molar-refractivity contribution in [3.63, 3.8) is 0 Å². The molecule has 0 spiro atoms. The van der Waals surface area contributed by atoms with Crippen LogP contribution in [0.3, 0.4) is 0 Å². The van der Waals surface area contributed by atoms with Gasteiger partial charge in [-0.1, -0.05) is 50.1 Å². The van der Waals surface area contributed by atoms with Crippen molar-refractivity contribution in [3.05, 3.63) is 42.0 Å². The summed E-state index contributed by atoms with van der Waals surface area (Å²) in [5.74, 6) is 1.81. The maximum atomic E-state index is 5.98. The molecular weight excluding hydrogens is 298 g/mol. The second-order valence-corrected chi connectivity index (χ2v) is 6.95. The van der Waals surface area contributed by atoms with Crippen molar-refractivity contribution in [2.24, 2.45) is 5.92 Å². The van der Waals surface area contributed by atoms with E-state index in [0.717, 1.165) is 18.2 Å². The molecule has 0 radical (unpaired) electrons. The highest BCUT2D eigenvalue weighted by Gasteiger charge is 2.19. The number of hydrogen-bond acceptors (Lipinski definition) is 3. The Morgan fingerprint density at radius 3 is 2.79 bits per heavy atom. The third-order valence-electron chi connectivity index (χ3n) is 5.05. The lowest BCUT2D eigenvalue weighted by molar-refractivity contribution is 0.145. The molecule has 1 aliphatic carbocycles. The maximum absolute atomic E-state index is 5.98. The summed E-state index contributed by atoms with van der Waals surface area (Å²) in [5.41, 5.74) is 1.27. The van der Waals surface area contributed by atoms with Crippen molar-refractivity contribution in [2.75, 3.05) is 20.3 Å². The molecule has 2 aromatic rings. The number of methoxy groups -OCH3 is 1. The standard InChI is InChI=1S/C21H29NO2/c1-16-6-5-8-18(14-16)22-15-20-19-9-4-3-7-17(19)10-11-21(20)24-13-12-23-2/h3-4,7,9-11,16,18,22H,5-6,8,12-15H2,1-2H3. The zero-order valence-electron chi connectivity index (χ0n) is 14.9. The van der Waals surface area contributed by atoms with Gasteiger partial charge in [-0.25, -0.2) is 0 Å². The lowest BCUT2D eigenvalue weighted by Gasteiger charge is -2.28. The Balaban J connectivity index is 1.78. The summed E-state index contributed by atoms with van der Waals surface area (Å²) >= 11 is 0. The molecule has 2 unspecified atom stereocenters. The predicted octanol–water partition coefficient (Wildman–Crippen LogP) is 4.53. The molecule has 3 nitrogen and oxygen atoms in total. The van der Waals surface area contributed by atoms with E-state index in [1.807, 2.05) is 0 Å². The van der Waals surface area contributed by atoms with E-state index in [0.29, 0.717) is 19.3 Å². The van der Waals surface area contributed by atoms with Crippen LogP contribution in [-0.4, -0.2) is 26.4 Å². The van der Waals surface area contributed by atoms with Crippen LogP contribution in [0.5, 0.6) is 5.75 Å². The third kappa shape index (κ3) is 4.28. The van der Waals surface area contributed by atoms with Crippen LogP contribution in [0, 0.1) is 5.92 Å². The van der Waals surface area contributed by atoms with Crippen LogP contribution < -0.4 is 10.1 Å². The van der Waals surface area contributed by atoms with Crippen LogP contribution in [0.1, 0.15) is 38.2 Å². The van der Waals surface area contributed by atoms with Crippen molar-refractivity contribution < 1.29 is 9.47 Å². The number of ether oxygens (including phenoxy) is 2. The predicted molar refractivity (Wildman–Crippen MR) is 99.6 cm³/mol. The highest BCUT2D eigenvalue weighted by Crippen LogP contribution is 2.29. The fourth-order valence-electron chi connectivity index (χ4n) is 3.73. The van der Waals surface area contributed by atoms with Crippen molar-refractivity contribution in [2.45, 2.75) is 45.2 Å². The van der Waals surface area contributed by atoms with Gasteiger partial charge < -0.3 is 14.8 Å². The zero-order chi connectivity index (χ0) is 16.8. The van der Waals surface area contributed by atoms with E-state index < -0.39 is 0 Å². The third-order valence-corrected chi connectivity index (χ3v) is 5.05. The Labute approximate surface area is 145 Å². The van der Waals surface area contributed by atoms with E-state index in [-0.39, 0.29) is 0 Å². The Hall–Kier alpha value is -1.58. The Morgan fingerprint density at radius 1 is 1.08 bits per heavy atom. The molecule has 24 heavy (non-hydrogen) atoms. The molecule has 0 heterocycles. The van der Waals surface area contributed by atoms with Crippen LogP contribution in [-0.2, 0) is 11.3 Å². The van der Waals surface area contributed by atoms with Crippen molar-refractivity contribution in [3.8, 4) is 5.75 Å². The number of benzene rings is 2. The van der Waals surface area contributed by atoms with Gasteiger partial charge in [-0.3, -0.25) is 0 Å². The quantitative estimate of drug-likeness (QED) is 0.758. The number of fused-ring (bicyclic) bond motifs is 1. The van der Waals surface area contributed by atoms with Crippen LogP contribution >= 0.6 is 0 Å². The summed E-state index contributed by atoms with van der Waals surface area (Å²) in [4.78, 5) is 0. The van der Waals surface area contributed by atoms with E-state index in [1.165, 1.54) is 42.0 Å². The summed E-state index contributed by atoms with van der Waals surface area (Å²) in [6.45, 7) is 4.42. The molecule has 2 aromatic carbocycles. The highest BCUT2D eigenvalue weighted by molar-refractivity contribution is 5.87. The molecule has 0 amide bonds. The number of nitrogens with one attached hydrogen (secondary N) is 1. The van der Waals surface area contributed by atoms with E-state index in [1.54, 1.807) is 7.11 Å². The molecule has 2 atom stereocenters. The van der Waals surface area contributed by atoms with Gasteiger partial charge >= 0.3 is 0 Å². The monoisotopic (exact) mass is 327 g/mol. The summed E-state index contributed by atoms with van der Waals surface area (Å²) < 4.78 is 11.1. The van der Waals surface area contributed by atoms with Crippen LogP contribution in [0.2, 0.25) is 0 Å². The summed E-state index contributed by atoms with van der Waals surface area (Å²) in [6, 6.07) is 13.4. The van der Waals surface area contributed by atoms with Gasteiger partial charge in [0.1, 0.15) is 12.4 Å². The number of rotatable bonds is 7. The van der Waals surface area contributed by atoms with E-state index in [9.17, 15) is 0 Å². The average molecular weight is 327 g/mol. The second kappa shape index (κ2) is 8.50. The lowest BCUT2D eigenvalue weighted by Crippen LogP contribution is -2.33. The van der Waals surface area contributed by atoms with Crippen molar-refractivity contribution in [1.82, 2.24) is 5.32 Å². The fraction of sp³-hybridized carbons (Fsp3) is 0.524. The molecular formula is C21H29NO2. The minimum absolute atomic E-state index is 0.586. The molecule has 3 rings (SSSR count). The highest BCUT2D eigenvalue weighted by atomic mass is 16.5. The van der Waals surface area contributed by atoms with Gasteiger partial charge in [0.15, 0.2) is 0 Å². The molecule has 1 saturated carbocycles. The fourth-order valence-corrected chi connectivity index (χ4v) is 3.73. The van der Waals surface area contributed by atoms with Gasteiger partial charge in [0.05, 0.1) is 6.61 Å². The Bertz CT molecular complexity index is 655. The first kappa shape index (κ1) is 17.2.